The molecule has 0 aromatic heterocycles. The van der Waals surface area contributed by atoms with Crippen molar-refractivity contribution in [1.82, 2.24) is 0 Å². The van der Waals surface area contributed by atoms with Gasteiger partial charge in [0, 0.05) is 13.0 Å². The van der Waals surface area contributed by atoms with Crippen molar-refractivity contribution in [1.29, 1.82) is 0 Å². The Kier molecular flexibility index (Phi) is 31.1. The first-order chi connectivity index (χ1) is 25.4. The van der Waals surface area contributed by atoms with E-state index in [1.807, 2.05) is 0 Å². The predicted molar refractivity (Wildman–Crippen MR) is 210 cm³/mol. The summed E-state index contributed by atoms with van der Waals surface area (Å²) in [6.07, 6.45) is 38.4. The molecule has 0 aromatic carbocycles. The molecule has 1 aliphatic heterocycles. The van der Waals surface area contributed by atoms with Crippen LogP contribution in [0.2, 0.25) is 0 Å². The van der Waals surface area contributed by atoms with Gasteiger partial charge in [-0.1, -0.05) is 125 Å². The van der Waals surface area contributed by atoms with Crippen LogP contribution in [0.4, 0.5) is 0 Å². The van der Waals surface area contributed by atoms with E-state index in [1.165, 1.54) is 0 Å². The number of hydrogen-bond acceptors (Lipinski definition) is 9. The molecule has 1 rings (SSSR count). The summed E-state index contributed by atoms with van der Waals surface area (Å²) >= 11 is 0. The standard InChI is InChI=1S/C43H70O9/c1-3-5-7-8-9-10-11-12-13-14-15-16-17-18-19-20-21-22-23-24-25-26-27-28-29-31-33-49-35-37(51-39(45)32-30-6-4-2)36-50-43-42(48)41(47)40(46)38(34-44)52-43/h5,7,9-10,12-13,15-16,18-19,21-22,24-25,37-38,40-44,46-48H,3-4,6,8,11,14,17,20,23,26-36H2,1-2H3/b7-5-,10-9-,13-12-,16-15-,19-18-,22-21-,25-24-. The second kappa shape index (κ2) is 34.2. The Labute approximate surface area is 314 Å². The number of ether oxygens (including phenoxy) is 4. The normalized spacial score (nSPS) is 22.2. The molecule has 52 heavy (non-hydrogen) atoms. The first kappa shape index (κ1) is 47.4. The summed E-state index contributed by atoms with van der Waals surface area (Å²) in [5.41, 5.74) is 0. The first-order valence-corrected chi connectivity index (χ1v) is 19.7. The maximum Gasteiger partial charge on any atom is 0.306 e. The van der Waals surface area contributed by atoms with Crippen molar-refractivity contribution in [3.63, 3.8) is 0 Å². The van der Waals surface area contributed by atoms with Crippen LogP contribution in [0.5, 0.6) is 0 Å². The van der Waals surface area contributed by atoms with Gasteiger partial charge in [0.2, 0.25) is 0 Å². The molecule has 9 heteroatoms. The average molecular weight is 731 g/mol. The molecule has 1 heterocycles. The third-order valence-corrected chi connectivity index (χ3v) is 8.33. The van der Waals surface area contributed by atoms with Crippen molar-refractivity contribution in [2.24, 2.45) is 0 Å². The maximum atomic E-state index is 12.4. The molecule has 1 saturated heterocycles. The van der Waals surface area contributed by atoms with E-state index in [0.717, 1.165) is 96.3 Å². The Morgan fingerprint density at radius 1 is 0.635 bits per heavy atom. The average Bonchev–Trinajstić information content (AvgIpc) is 3.14. The SMILES string of the molecule is CC/C=C\C/C=C\C/C=C\C/C=C\C/C=C\C/C=C\C/C=C\CCCCCCOCC(COC1OC(CO)C(O)C(O)C1O)OC(=O)CCCCC. The van der Waals surface area contributed by atoms with E-state index >= 15 is 0 Å². The van der Waals surface area contributed by atoms with Crippen molar-refractivity contribution < 1.29 is 44.2 Å². The van der Waals surface area contributed by atoms with Gasteiger partial charge in [-0.15, -0.1) is 0 Å². The van der Waals surface area contributed by atoms with Gasteiger partial charge in [-0.3, -0.25) is 4.79 Å². The lowest BCUT2D eigenvalue weighted by Gasteiger charge is -2.39. The third-order valence-electron chi connectivity index (χ3n) is 8.33. The lowest BCUT2D eigenvalue weighted by Crippen LogP contribution is -2.59. The van der Waals surface area contributed by atoms with E-state index in [2.05, 4.69) is 98.9 Å². The number of aliphatic hydroxyl groups is 4. The molecular formula is C43H70O9. The zero-order chi connectivity index (χ0) is 37.9. The van der Waals surface area contributed by atoms with Crippen LogP contribution < -0.4 is 0 Å². The van der Waals surface area contributed by atoms with Gasteiger partial charge in [0.25, 0.3) is 0 Å². The quantitative estimate of drug-likeness (QED) is 0.0319. The van der Waals surface area contributed by atoms with E-state index in [0.29, 0.717) is 13.0 Å². The topological polar surface area (TPSA) is 135 Å². The molecule has 0 aliphatic carbocycles. The fraction of sp³-hybridized carbons (Fsp3) is 0.651. The largest absolute Gasteiger partial charge is 0.457 e. The molecule has 0 saturated carbocycles. The first-order valence-electron chi connectivity index (χ1n) is 19.7. The van der Waals surface area contributed by atoms with Crippen molar-refractivity contribution >= 4 is 5.97 Å². The molecule has 6 atom stereocenters. The lowest BCUT2D eigenvalue weighted by atomic mass is 9.99. The molecule has 0 aromatic rings. The highest BCUT2D eigenvalue weighted by molar-refractivity contribution is 5.69. The minimum atomic E-state index is -1.54. The molecular weight excluding hydrogens is 660 g/mol. The van der Waals surface area contributed by atoms with Gasteiger partial charge in [0.05, 0.1) is 19.8 Å². The molecule has 1 aliphatic rings. The summed E-state index contributed by atoms with van der Waals surface area (Å²) in [5, 5.41) is 39.7. The zero-order valence-electron chi connectivity index (χ0n) is 32.0. The van der Waals surface area contributed by atoms with E-state index < -0.39 is 43.4 Å². The van der Waals surface area contributed by atoms with Crippen LogP contribution in [0.1, 0.15) is 117 Å². The van der Waals surface area contributed by atoms with Crippen molar-refractivity contribution in [2.45, 2.75) is 153 Å². The number of esters is 1. The summed E-state index contributed by atoms with van der Waals surface area (Å²) in [4.78, 5) is 12.4. The Morgan fingerprint density at radius 3 is 1.71 bits per heavy atom. The maximum absolute atomic E-state index is 12.4. The Balaban J connectivity index is 2.15. The summed E-state index contributed by atoms with van der Waals surface area (Å²) in [6.45, 7) is 4.16. The summed E-state index contributed by atoms with van der Waals surface area (Å²) in [6, 6.07) is 0. The Morgan fingerprint density at radius 2 is 1.17 bits per heavy atom. The molecule has 1 fully saturated rings. The van der Waals surface area contributed by atoms with Crippen LogP contribution in [0.3, 0.4) is 0 Å². The Hall–Kier alpha value is -2.63. The molecule has 4 N–H and O–H groups in total. The molecule has 0 amide bonds. The third kappa shape index (κ3) is 25.4. The van der Waals surface area contributed by atoms with E-state index in [-0.39, 0.29) is 19.2 Å². The number of carbonyl (C=O) groups excluding carboxylic acids is 1. The summed E-state index contributed by atoms with van der Waals surface area (Å²) in [7, 11) is 0. The highest BCUT2D eigenvalue weighted by Gasteiger charge is 2.44. The van der Waals surface area contributed by atoms with E-state index in [1.54, 1.807) is 0 Å². The predicted octanol–water partition coefficient (Wildman–Crippen LogP) is 7.91. The number of hydrogen-bond donors (Lipinski definition) is 4. The number of aliphatic hydroxyl groups excluding tert-OH is 4. The van der Waals surface area contributed by atoms with Crippen LogP contribution in [-0.4, -0.2) is 89.6 Å². The highest BCUT2D eigenvalue weighted by atomic mass is 16.7. The molecule has 0 bridgehead atoms. The smallest absolute Gasteiger partial charge is 0.306 e. The van der Waals surface area contributed by atoms with Gasteiger partial charge in [-0.25, -0.2) is 0 Å². The number of rotatable bonds is 31. The minimum Gasteiger partial charge on any atom is -0.457 e. The van der Waals surface area contributed by atoms with Crippen LogP contribution in [0, 0.1) is 0 Å². The van der Waals surface area contributed by atoms with Crippen molar-refractivity contribution in [2.75, 3.05) is 26.4 Å². The fourth-order valence-corrected chi connectivity index (χ4v) is 5.23. The van der Waals surface area contributed by atoms with Gasteiger partial charge in [-0.05, 0) is 70.6 Å². The number of unbranched alkanes of at least 4 members (excludes halogenated alkanes) is 6. The highest BCUT2D eigenvalue weighted by Crippen LogP contribution is 2.22. The monoisotopic (exact) mass is 731 g/mol. The van der Waals surface area contributed by atoms with E-state index in [9.17, 15) is 25.2 Å². The van der Waals surface area contributed by atoms with E-state index in [4.69, 9.17) is 18.9 Å². The lowest BCUT2D eigenvalue weighted by molar-refractivity contribution is -0.305. The fourth-order valence-electron chi connectivity index (χ4n) is 5.23. The van der Waals surface area contributed by atoms with Crippen LogP contribution >= 0.6 is 0 Å². The zero-order valence-corrected chi connectivity index (χ0v) is 32.0. The molecule has 296 valence electrons. The van der Waals surface area contributed by atoms with Gasteiger partial charge in [-0.2, -0.15) is 0 Å². The molecule has 0 radical (unpaired) electrons. The van der Waals surface area contributed by atoms with Crippen molar-refractivity contribution in [3.8, 4) is 0 Å². The summed E-state index contributed by atoms with van der Waals surface area (Å²) < 4.78 is 22.4. The second-order valence-corrected chi connectivity index (χ2v) is 13.0. The van der Waals surface area contributed by atoms with Crippen molar-refractivity contribution in [3.05, 3.63) is 85.1 Å². The van der Waals surface area contributed by atoms with Gasteiger partial charge in [0.1, 0.15) is 30.5 Å². The van der Waals surface area contributed by atoms with Crippen LogP contribution in [-0.2, 0) is 23.7 Å². The molecule has 0 spiro atoms. The minimum absolute atomic E-state index is 0.119. The number of allylic oxidation sites excluding steroid dienone is 14. The molecule has 6 unspecified atom stereocenters. The van der Waals surface area contributed by atoms with Crippen LogP contribution in [0.15, 0.2) is 85.1 Å². The second-order valence-electron chi connectivity index (χ2n) is 13.0. The van der Waals surface area contributed by atoms with Gasteiger partial charge in [0.15, 0.2) is 6.29 Å². The Bertz CT molecular complexity index is 1060. The summed E-state index contributed by atoms with van der Waals surface area (Å²) in [5.74, 6) is -0.353. The molecule has 9 nitrogen and oxygen atoms in total. The van der Waals surface area contributed by atoms with Gasteiger partial charge >= 0.3 is 5.97 Å². The number of carbonyl (C=O) groups is 1. The van der Waals surface area contributed by atoms with Gasteiger partial charge < -0.3 is 39.4 Å². The van der Waals surface area contributed by atoms with Crippen LogP contribution in [0.25, 0.3) is 0 Å².